The molecule has 0 radical (unpaired) electrons. The Bertz CT molecular complexity index is 1690. The summed E-state index contributed by atoms with van der Waals surface area (Å²) in [6, 6.07) is 8.00. The first-order valence-electron chi connectivity index (χ1n) is 21.6. The predicted molar refractivity (Wildman–Crippen MR) is 222 cm³/mol. The second-order valence-electron chi connectivity index (χ2n) is 20.8. The summed E-state index contributed by atoms with van der Waals surface area (Å²) >= 11 is 6.24. The van der Waals surface area contributed by atoms with Crippen LogP contribution in [0.25, 0.3) is 0 Å². The molecule has 6 rings (SSSR count). The summed E-state index contributed by atoms with van der Waals surface area (Å²) in [4.78, 5) is 43.3. The van der Waals surface area contributed by atoms with Gasteiger partial charge in [-0.05, 0) is 129 Å². The minimum Gasteiger partial charge on any atom is -0.481 e. The number of ketones is 1. The summed E-state index contributed by atoms with van der Waals surface area (Å²) < 4.78 is 6.13. The third kappa shape index (κ3) is 7.34. The van der Waals surface area contributed by atoms with Crippen LogP contribution in [-0.2, 0) is 25.7 Å². The minimum atomic E-state index is -0.975. The van der Waals surface area contributed by atoms with E-state index in [-0.39, 0.29) is 51.8 Å². The summed E-state index contributed by atoms with van der Waals surface area (Å²) in [6.45, 7) is 21.0. The number of carboxylic acid groups (broad SMARTS) is 1. The number of carboxylic acids is 1. The van der Waals surface area contributed by atoms with Gasteiger partial charge in [0.15, 0.2) is 5.78 Å². The Labute approximate surface area is 342 Å². The molecule has 4 saturated carbocycles. The van der Waals surface area contributed by atoms with Crippen molar-refractivity contribution in [3.05, 3.63) is 46.0 Å². The smallest absolute Gasteiger partial charge is 0.306 e. The van der Waals surface area contributed by atoms with E-state index in [0.29, 0.717) is 36.4 Å². The van der Waals surface area contributed by atoms with Crippen LogP contribution in [-0.4, -0.2) is 83.7 Å². The summed E-state index contributed by atoms with van der Waals surface area (Å²) in [6.07, 6.45) is 7.22. The number of likely N-dealkylation sites (N-methyl/N-ethyl adjacent to an activating group) is 1. The molecule has 5 aliphatic carbocycles. The lowest BCUT2D eigenvalue weighted by atomic mass is 9.33. The van der Waals surface area contributed by atoms with Crippen molar-refractivity contribution in [2.75, 3.05) is 33.7 Å². The number of fused-ring (bicyclic) bond motifs is 7. The third-order valence-electron chi connectivity index (χ3n) is 16.8. The van der Waals surface area contributed by atoms with Crippen molar-refractivity contribution in [3.8, 4) is 0 Å². The second-order valence-corrected chi connectivity index (χ2v) is 21.3. The van der Waals surface area contributed by atoms with Crippen LogP contribution in [0.1, 0.15) is 125 Å². The van der Waals surface area contributed by atoms with E-state index in [1.54, 1.807) is 6.92 Å². The van der Waals surface area contributed by atoms with Crippen molar-refractivity contribution in [2.45, 2.75) is 138 Å². The molecule has 8 nitrogen and oxygen atoms in total. The summed E-state index contributed by atoms with van der Waals surface area (Å²) in [5, 5.41) is 22.8. The Morgan fingerprint density at radius 2 is 1.57 bits per heavy atom. The molecule has 0 amide bonds. The Kier molecular flexibility index (Phi) is 12.2. The molecule has 56 heavy (non-hydrogen) atoms. The molecule has 2 unspecified atom stereocenters. The number of aliphatic carboxylic acids is 1. The molecule has 0 spiro atoms. The van der Waals surface area contributed by atoms with E-state index in [9.17, 15) is 24.6 Å². The van der Waals surface area contributed by atoms with E-state index in [2.05, 4.69) is 84.5 Å². The molecule has 1 aromatic rings. The normalized spacial score (nSPS) is 36.2. The van der Waals surface area contributed by atoms with Gasteiger partial charge in [-0.25, -0.2) is 0 Å². The van der Waals surface area contributed by atoms with Crippen molar-refractivity contribution in [1.82, 2.24) is 9.80 Å². The number of carbonyl (C=O) groups excluding carboxylic acids is 2. The molecule has 5 aliphatic rings. The summed E-state index contributed by atoms with van der Waals surface area (Å²) in [5.74, 6) is -0.714. The van der Waals surface area contributed by atoms with Gasteiger partial charge < -0.3 is 19.8 Å². The highest BCUT2D eigenvalue weighted by molar-refractivity contribution is 6.30. The van der Waals surface area contributed by atoms with Gasteiger partial charge in [0.1, 0.15) is 6.10 Å². The van der Waals surface area contributed by atoms with Crippen molar-refractivity contribution in [3.63, 3.8) is 0 Å². The molecule has 0 bridgehead atoms. The quantitative estimate of drug-likeness (QED) is 0.191. The van der Waals surface area contributed by atoms with Gasteiger partial charge in [-0.15, -0.1) is 0 Å². The van der Waals surface area contributed by atoms with Crippen molar-refractivity contribution >= 4 is 29.3 Å². The van der Waals surface area contributed by atoms with Crippen molar-refractivity contribution in [1.29, 1.82) is 0 Å². The number of benzene rings is 1. The third-order valence-corrected chi connectivity index (χ3v) is 17.1. The number of allylic oxidation sites excluding steroid dienone is 1. The molecule has 312 valence electrons. The van der Waals surface area contributed by atoms with E-state index < -0.39 is 29.4 Å². The minimum absolute atomic E-state index is 0.0262. The average molecular weight is 796 g/mol. The van der Waals surface area contributed by atoms with Crippen LogP contribution in [0.4, 0.5) is 0 Å². The van der Waals surface area contributed by atoms with Crippen LogP contribution in [0.5, 0.6) is 0 Å². The van der Waals surface area contributed by atoms with E-state index in [4.69, 9.17) is 16.3 Å². The molecule has 0 saturated heterocycles. The predicted octanol–water partition coefficient (Wildman–Crippen LogP) is 9.07. The van der Waals surface area contributed by atoms with Gasteiger partial charge in [0.2, 0.25) is 0 Å². The molecule has 0 aromatic heterocycles. The number of rotatable bonds is 13. The maximum atomic E-state index is 14.3. The lowest BCUT2D eigenvalue weighted by Crippen LogP contribution is -2.66. The SMILES string of the molecule is CC(C)C1=C2[C@H]3CC[C@@H]4[C@@]5(C)CC[C@H](OC(=O)C[C@@H](C)C(=O)O)C(C)(C)[C@@H]5CC[C@@]4(C)[C@]3(C)CCC2(C(O)CN(CCN(C)C)Cc2ccc(Cl)cc2)CC1=O. The number of Topliss-reactive ketones (excluding diaryl/α,β-unsaturated/α-hetero) is 1. The Morgan fingerprint density at radius 1 is 0.893 bits per heavy atom. The maximum Gasteiger partial charge on any atom is 0.306 e. The van der Waals surface area contributed by atoms with Crippen LogP contribution >= 0.6 is 11.6 Å². The van der Waals surface area contributed by atoms with Gasteiger partial charge in [0.05, 0.1) is 18.4 Å². The molecule has 0 heterocycles. The number of ether oxygens (including phenoxy) is 1. The lowest BCUT2D eigenvalue weighted by Gasteiger charge is -2.72. The zero-order valence-electron chi connectivity index (χ0n) is 36.1. The Morgan fingerprint density at radius 3 is 2.20 bits per heavy atom. The molecular weight excluding hydrogens is 724 g/mol. The fourth-order valence-electron chi connectivity index (χ4n) is 13.7. The maximum absolute atomic E-state index is 14.3. The van der Waals surface area contributed by atoms with Crippen LogP contribution in [0.2, 0.25) is 5.02 Å². The van der Waals surface area contributed by atoms with E-state index in [0.717, 1.165) is 75.6 Å². The highest BCUT2D eigenvalue weighted by Crippen LogP contribution is 2.77. The molecular formula is C47H71ClN2O6. The topological polar surface area (TPSA) is 107 Å². The zero-order chi connectivity index (χ0) is 41.2. The Balaban J connectivity index is 1.29. The van der Waals surface area contributed by atoms with E-state index >= 15 is 0 Å². The average Bonchev–Trinajstić information content (AvgIpc) is 3.43. The van der Waals surface area contributed by atoms with Crippen LogP contribution in [0, 0.1) is 56.7 Å². The highest BCUT2D eigenvalue weighted by atomic mass is 35.5. The standard InChI is InChI=1S/C47H71ClN2O6/c1-29(2)40-34(51)26-47(37(52)28-50(24-23-49(9)10)27-31-11-13-32(48)14-12-31)22-21-45(7)33(41(40)47)15-16-36-44(6)19-18-38(56-39(53)25-30(3)42(54)55)43(4,5)35(44)17-20-46(36,45)8/h11-14,29-30,33,35-38,52H,15-28H2,1-10H3,(H,54,55)/t30-,33-,35+,36-,37?,38+,44+,45-,46-,47?/m1/s1. The number of nitrogens with zero attached hydrogens (tertiary/aromatic N) is 2. The number of carbonyl (C=O) groups is 3. The van der Waals surface area contributed by atoms with Gasteiger partial charge in [0, 0.05) is 48.5 Å². The molecule has 0 aliphatic heterocycles. The largest absolute Gasteiger partial charge is 0.481 e. The summed E-state index contributed by atoms with van der Waals surface area (Å²) in [7, 11) is 4.17. The van der Waals surface area contributed by atoms with Gasteiger partial charge in [0.25, 0.3) is 0 Å². The van der Waals surface area contributed by atoms with Gasteiger partial charge in [-0.2, -0.15) is 0 Å². The van der Waals surface area contributed by atoms with Gasteiger partial charge in [-0.1, -0.05) is 84.7 Å². The first-order chi connectivity index (χ1) is 26.1. The van der Waals surface area contributed by atoms with Crippen LogP contribution in [0.3, 0.4) is 0 Å². The first kappa shape index (κ1) is 43.3. The van der Waals surface area contributed by atoms with E-state index in [1.165, 1.54) is 5.57 Å². The molecule has 9 heteroatoms. The summed E-state index contributed by atoms with van der Waals surface area (Å²) in [5.41, 5.74) is 2.75. The Hall–Kier alpha value is -2.26. The van der Waals surface area contributed by atoms with Crippen molar-refractivity contribution in [2.24, 2.45) is 56.7 Å². The highest BCUT2D eigenvalue weighted by Gasteiger charge is 2.70. The number of halogens is 1. The molecule has 10 atom stereocenters. The van der Waals surface area contributed by atoms with E-state index in [1.807, 2.05) is 12.1 Å². The number of hydrogen-bond acceptors (Lipinski definition) is 7. The fourth-order valence-corrected chi connectivity index (χ4v) is 13.8. The molecule has 1 aromatic carbocycles. The molecule has 2 N–H and O–H groups in total. The van der Waals surface area contributed by atoms with Gasteiger partial charge >= 0.3 is 11.9 Å². The number of aliphatic hydroxyl groups is 1. The monoisotopic (exact) mass is 795 g/mol. The van der Waals surface area contributed by atoms with Gasteiger partial charge in [-0.3, -0.25) is 19.3 Å². The number of hydrogen-bond donors (Lipinski definition) is 2. The number of esters is 1. The molecule has 4 fully saturated rings. The number of aliphatic hydroxyl groups excluding tert-OH is 1. The fraction of sp³-hybridized carbons (Fsp3) is 0.766. The first-order valence-corrected chi connectivity index (χ1v) is 22.0. The van der Waals surface area contributed by atoms with Crippen LogP contribution < -0.4 is 0 Å². The van der Waals surface area contributed by atoms with Crippen LogP contribution in [0.15, 0.2) is 35.4 Å². The second kappa shape index (κ2) is 15.7. The lowest BCUT2D eigenvalue weighted by molar-refractivity contribution is -0.235. The zero-order valence-corrected chi connectivity index (χ0v) is 36.8. The van der Waals surface area contributed by atoms with Crippen molar-refractivity contribution < 1.29 is 29.3 Å².